The number of allylic oxidation sites excluding steroid dienone is 2. The molecule has 0 saturated heterocycles. The number of unbranched alkanes of at least 4 members (excludes halogenated alkanes) is 1. The average Bonchev–Trinajstić information content (AvgIpc) is 3.14. The van der Waals surface area contributed by atoms with Gasteiger partial charge in [-0.25, -0.2) is 4.39 Å². The Balaban J connectivity index is 1.48. The Hall–Kier alpha value is -2.21. The molecule has 146 valence electrons. The van der Waals surface area contributed by atoms with Crippen molar-refractivity contribution in [3.8, 4) is 0 Å². The molecule has 2 N–H and O–H groups in total. The second kappa shape index (κ2) is 9.13. The van der Waals surface area contributed by atoms with Gasteiger partial charge in [0.15, 0.2) is 0 Å². The Morgan fingerprint density at radius 1 is 1.30 bits per heavy atom. The highest BCUT2D eigenvalue weighted by molar-refractivity contribution is 5.66. The number of halogens is 1. The van der Waals surface area contributed by atoms with Crippen molar-refractivity contribution in [1.82, 2.24) is 0 Å². The van der Waals surface area contributed by atoms with Crippen molar-refractivity contribution < 1.29 is 24.2 Å². The van der Waals surface area contributed by atoms with Crippen molar-refractivity contribution in [2.24, 2.45) is 22.9 Å². The predicted octanol–water partition coefficient (Wildman–Crippen LogP) is 3.92. The molecule has 0 radical (unpaired) electrons. The summed E-state index contributed by atoms with van der Waals surface area (Å²) in [5, 5.41) is 23.1. The number of carbonyl (C=O) groups is 1. The Bertz CT molecular complexity index is 701. The van der Waals surface area contributed by atoms with E-state index in [9.17, 15) is 14.3 Å². The summed E-state index contributed by atoms with van der Waals surface area (Å²) in [5.41, 5.74) is 2.21. The van der Waals surface area contributed by atoms with Gasteiger partial charge in [-0.1, -0.05) is 28.9 Å². The number of aliphatic carboxylic acids is 1. The van der Waals surface area contributed by atoms with Gasteiger partial charge >= 0.3 is 5.97 Å². The zero-order valence-corrected chi connectivity index (χ0v) is 15.3. The maximum Gasteiger partial charge on any atom is 0.303 e. The molecule has 2 fully saturated rings. The zero-order chi connectivity index (χ0) is 19.2. The molecule has 1 aromatic carbocycles. The van der Waals surface area contributed by atoms with Crippen molar-refractivity contribution in [3.05, 3.63) is 47.3 Å². The second-order valence-corrected chi connectivity index (χ2v) is 7.52. The van der Waals surface area contributed by atoms with E-state index in [0.717, 1.165) is 31.2 Å². The maximum atomic E-state index is 12.9. The number of nitrogens with zero attached hydrogens (tertiary/aromatic N) is 1. The summed E-state index contributed by atoms with van der Waals surface area (Å²) in [7, 11) is 0. The molecule has 2 aliphatic rings. The van der Waals surface area contributed by atoms with Crippen LogP contribution in [0.15, 0.2) is 41.1 Å². The summed E-state index contributed by atoms with van der Waals surface area (Å²) in [5.74, 6) is -0.233. The standard InChI is InChI=1S/C21H26FNO4/c22-17-7-5-14(6-8-17)13-27-23-12-19-18-10-15(3-1-2-4-21(25)26)9-16(18)11-20(19)24/h3,5-8,12,16,18-20,24H,1-2,4,9-11,13H2,(H,25,26)/b15-3-,23-12+/t16-,18-,19+,20+/m0/s1. The normalized spacial score (nSPS) is 28.7. The topological polar surface area (TPSA) is 79.1 Å². The minimum Gasteiger partial charge on any atom is -0.481 e. The van der Waals surface area contributed by atoms with Gasteiger partial charge in [0.2, 0.25) is 0 Å². The van der Waals surface area contributed by atoms with Crippen molar-refractivity contribution in [1.29, 1.82) is 0 Å². The third-order valence-electron chi connectivity index (χ3n) is 5.59. The highest BCUT2D eigenvalue weighted by Gasteiger charge is 2.45. The quantitative estimate of drug-likeness (QED) is 0.312. The van der Waals surface area contributed by atoms with E-state index in [1.165, 1.54) is 17.7 Å². The van der Waals surface area contributed by atoms with Crippen LogP contribution in [-0.4, -0.2) is 28.5 Å². The predicted molar refractivity (Wildman–Crippen MR) is 99.6 cm³/mol. The fraction of sp³-hybridized carbons (Fsp3) is 0.524. The van der Waals surface area contributed by atoms with E-state index in [0.29, 0.717) is 18.3 Å². The summed E-state index contributed by atoms with van der Waals surface area (Å²) < 4.78 is 12.9. The van der Waals surface area contributed by atoms with Crippen LogP contribution in [0.4, 0.5) is 4.39 Å². The number of carboxylic acid groups (broad SMARTS) is 1. The number of fused-ring (bicyclic) bond motifs is 1. The number of hydrogen-bond acceptors (Lipinski definition) is 4. The summed E-state index contributed by atoms with van der Waals surface area (Å²) >= 11 is 0. The fourth-order valence-corrected chi connectivity index (χ4v) is 4.24. The van der Waals surface area contributed by atoms with Crippen molar-refractivity contribution in [2.45, 2.75) is 51.2 Å². The van der Waals surface area contributed by atoms with Crippen LogP contribution in [0, 0.1) is 23.6 Å². The largest absolute Gasteiger partial charge is 0.481 e. The molecule has 0 aliphatic heterocycles. The molecular formula is C21H26FNO4. The first kappa shape index (κ1) is 19.5. The molecule has 0 aromatic heterocycles. The Morgan fingerprint density at radius 3 is 2.81 bits per heavy atom. The van der Waals surface area contributed by atoms with Gasteiger partial charge in [-0.2, -0.15) is 0 Å². The SMILES string of the molecule is O=C(O)CCC/C=C1/C[C@H]2C[C@@H](O)[C@H](/C=N/OCc3ccc(F)cc3)[C@H]2C1. The highest BCUT2D eigenvalue weighted by Crippen LogP contribution is 2.49. The molecule has 4 atom stereocenters. The minimum atomic E-state index is -0.753. The minimum absolute atomic E-state index is 0.0202. The second-order valence-electron chi connectivity index (χ2n) is 7.52. The Labute approximate surface area is 158 Å². The summed E-state index contributed by atoms with van der Waals surface area (Å²) in [6.07, 6.45) is 7.84. The molecule has 5 nitrogen and oxygen atoms in total. The van der Waals surface area contributed by atoms with E-state index in [2.05, 4.69) is 11.2 Å². The van der Waals surface area contributed by atoms with E-state index in [-0.39, 0.29) is 24.8 Å². The number of rotatable bonds is 8. The van der Waals surface area contributed by atoms with Crippen LogP contribution in [0.25, 0.3) is 0 Å². The molecule has 2 aliphatic carbocycles. The van der Waals surface area contributed by atoms with Crippen LogP contribution in [0.3, 0.4) is 0 Å². The molecule has 6 heteroatoms. The van der Waals surface area contributed by atoms with Crippen LogP contribution in [0.2, 0.25) is 0 Å². The number of carboxylic acids is 1. The Morgan fingerprint density at radius 2 is 2.07 bits per heavy atom. The molecule has 0 heterocycles. The van der Waals surface area contributed by atoms with Crippen molar-refractivity contribution in [2.75, 3.05) is 0 Å². The van der Waals surface area contributed by atoms with E-state index in [1.54, 1.807) is 18.3 Å². The summed E-state index contributed by atoms with van der Waals surface area (Å²) in [6, 6.07) is 6.08. The zero-order valence-electron chi connectivity index (χ0n) is 15.3. The van der Waals surface area contributed by atoms with E-state index >= 15 is 0 Å². The molecule has 0 spiro atoms. The monoisotopic (exact) mass is 375 g/mol. The first-order chi connectivity index (χ1) is 13.0. The molecular weight excluding hydrogens is 349 g/mol. The van der Waals surface area contributed by atoms with Gasteiger partial charge < -0.3 is 15.1 Å². The average molecular weight is 375 g/mol. The van der Waals surface area contributed by atoms with Crippen LogP contribution < -0.4 is 0 Å². The van der Waals surface area contributed by atoms with Gasteiger partial charge in [0, 0.05) is 18.6 Å². The first-order valence-electron chi connectivity index (χ1n) is 9.50. The number of benzene rings is 1. The molecule has 27 heavy (non-hydrogen) atoms. The number of aliphatic hydroxyl groups is 1. The summed E-state index contributed by atoms with van der Waals surface area (Å²) in [4.78, 5) is 15.9. The van der Waals surface area contributed by atoms with E-state index in [4.69, 9.17) is 9.94 Å². The number of oxime groups is 1. The number of aliphatic hydroxyl groups excluding tert-OH is 1. The van der Waals surface area contributed by atoms with Crippen molar-refractivity contribution in [3.63, 3.8) is 0 Å². The third-order valence-corrected chi connectivity index (χ3v) is 5.59. The molecule has 1 aromatic rings. The van der Waals surface area contributed by atoms with Gasteiger partial charge in [0.05, 0.1) is 6.10 Å². The van der Waals surface area contributed by atoms with Crippen molar-refractivity contribution >= 4 is 12.2 Å². The first-order valence-corrected chi connectivity index (χ1v) is 9.50. The maximum absolute atomic E-state index is 12.9. The van der Waals surface area contributed by atoms with Gasteiger partial charge in [-0.05, 0) is 61.6 Å². The van der Waals surface area contributed by atoms with Crippen LogP contribution in [0.5, 0.6) is 0 Å². The van der Waals surface area contributed by atoms with E-state index in [1.807, 2.05) is 0 Å². The fourth-order valence-electron chi connectivity index (χ4n) is 4.24. The van der Waals surface area contributed by atoms with Gasteiger partial charge in [-0.15, -0.1) is 0 Å². The third kappa shape index (κ3) is 5.39. The lowest BCUT2D eigenvalue weighted by Gasteiger charge is -2.15. The summed E-state index contributed by atoms with van der Waals surface area (Å²) in [6.45, 7) is 0.266. The highest BCUT2D eigenvalue weighted by atomic mass is 19.1. The Kier molecular flexibility index (Phi) is 6.61. The lowest BCUT2D eigenvalue weighted by Crippen LogP contribution is -2.20. The lowest BCUT2D eigenvalue weighted by molar-refractivity contribution is -0.137. The van der Waals surface area contributed by atoms with E-state index < -0.39 is 12.1 Å². The van der Waals surface area contributed by atoms with Crippen LogP contribution >= 0.6 is 0 Å². The smallest absolute Gasteiger partial charge is 0.303 e. The van der Waals surface area contributed by atoms with Gasteiger partial charge in [0.1, 0.15) is 12.4 Å². The molecule has 0 bridgehead atoms. The molecule has 2 saturated carbocycles. The van der Waals surface area contributed by atoms with Crippen LogP contribution in [0.1, 0.15) is 44.1 Å². The molecule has 0 unspecified atom stereocenters. The van der Waals surface area contributed by atoms with Gasteiger partial charge in [-0.3, -0.25) is 4.79 Å². The number of hydrogen-bond donors (Lipinski definition) is 2. The molecule has 0 amide bonds. The van der Waals surface area contributed by atoms with Crippen LogP contribution in [-0.2, 0) is 16.2 Å². The van der Waals surface area contributed by atoms with Gasteiger partial charge in [0.25, 0.3) is 0 Å². The lowest BCUT2D eigenvalue weighted by atomic mass is 9.92. The molecule has 3 rings (SSSR count).